The topological polar surface area (TPSA) is 52.0 Å². The first-order chi connectivity index (χ1) is 8.43. The fraction of sp³-hybridized carbons (Fsp3) is 0.250. The maximum absolute atomic E-state index is 5.94. The van der Waals surface area contributed by atoms with Gasteiger partial charge in [0.05, 0.1) is 0 Å². The summed E-state index contributed by atoms with van der Waals surface area (Å²) in [7, 11) is 0. The molecule has 0 amide bonds. The van der Waals surface area contributed by atoms with Crippen molar-refractivity contribution in [2.24, 2.45) is 0 Å². The molecule has 4 N–H and O–H groups in total. The van der Waals surface area contributed by atoms with Gasteiger partial charge in [0.25, 0.3) is 0 Å². The van der Waals surface area contributed by atoms with Gasteiger partial charge in [-0.15, -0.1) is 0 Å². The third-order valence-corrected chi connectivity index (χ3v) is 3.95. The first kappa shape index (κ1) is 16.1. The molecule has 2 aromatic rings. The molecule has 0 radical (unpaired) electrons. The van der Waals surface area contributed by atoms with Crippen LogP contribution in [0.25, 0.3) is 11.1 Å². The van der Waals surface area contributed by atoms with Crippen molar-refractivity contribution in [3.63, 3.8) is 0 Å². The van der Waals surface area contributed by atoms with Gasteiger partial charge in [-0.3, -0.25) is 0 Å². The predicted molar refractivity (Wildman–Crippen MR) is 80.8 cm³/mol. The van der Waals surface area contributed by atoms with E-state index in [9.17, 15) is 0 Å². The number of hydrogen-bond acceptors (Lipinski definition) is 2. The Hall–Kier alpha value is -0.960. The summed E-state index contributed by atoms with van der Waals surface area (Å²) in [6, 6.07) is 8.14. The molecule has 0 unspecified atom stereocenters. The maximum atomic E-state index is 5.94. The monoisotopic (exact) mass is 264 g/mol. The zero-order valence-corrected chi connectivity index (χ0v) is 14.5. The van der Waals surface area contributed by atoms with Crippen molar-refractivity contribution in [2.75, 3.05) is 11.5 Å². The standard InChI is InChI=1S/C16H20N2.Na.H/c1-9-11(3)15(17)7-5-13(9)14-6-8-16(18)12(4)10(14)2;;/h5-8H,17-18H2,1-4H3;;/q;+1;-1. The van der Waals surface area contributed by atoms with E-state index in [1.807, 2.05) is 12.1 Å². The van der Waals surface area contributed by atoms with Crippen LogP contribution in [0.1, 0.15) is 23.7 Å². The number of nitrogen functional groups attached to an aromatic ring is 2. The van der Waals surface area contributed by atoms with Crippen LogP contribution < -0.4 is 41.0 Å². The van der Waals surface area contributed by atoms with Gasteiger partial charge in [-0.05, 0) is 73.2 Å². The molecule has 0 bridgehead atoms. The summed E-state index contributed by atoms with van der Waals surface area (Å²) in [5.74, 6) is 0. The summed E-state index contributed by atoms with van der Waals surface area (Å²) in [6.45, 7) is 8.36. The van der Waals surface area contributed by atoms with Crippen molar-refractivity contribution in [3.05, 3.63) is 46.5 Å². The average Bonchev–Trinajstić information content (AvgIpc) is 2.35. The van der Waals surface area contributed by atoms with Crippen LogP contribution in [0, 0.1) is 27.7 Å². The van der Waals surface area contributed by atoms with Crippen LogP contribution in [-0.4, -0.2) is 0 Å². The van der Waals surface area contributed by atoms with E-state index in [0.29, 0.717) is 0 Å². The molecule has 2 rings (SSSR count). The Morgan fingerprint density at radius 2 is 0.947 bits per heavy atom. The Kier molecular flexibility index (Phi) is 5.08. The molecule has 0 spiro atoms. The molecule has 0 saturated heterocycles. The number of nitrogens with two attached hydrogens (primary N) is 2. The van der Waals surface area contributed by atoms with Crippen LogP contribution in [0.3, 0.4) is 0 Å². The molecule has 96 valence electrons. The zero-order chi connectivity index (χ0) is 13.4. The Morgan fingerprint density at radius 3 is 1.26 bits per heavy atom. The van der Waals surface area contributed by atoms with Crippen LogP contribution >= 0.6 is 0 Å². The summed E-state index contributed by atoms with van der Waals surface area (Å²) in [5, 5.41) is 0. The zero-order valence-electron chi connectivity index (χ0n) is 13.5. The normalized spacial score (nSPS) is 10.1. The van der Waals surface area contributed by atoms with Gasteiger partial charge in [-0.25, -0.2) is 0 Å². The van der Waals surface area contributed by atoms with Crippen molar-refractivity contribution >= 4 is 11.4 Å². The molecule has 0 aliphatic heterocycles. The molecular weight excluding hydrogens is 243 g/mol. The second-order valence-electron chi connectivity index (χ2n) is 4.90. The number of benzene rings is 2. The summed E-state index contributed by atoms with van der Waals surface area (Å²) in [4.78, 5) is 0. The van der Waals surface area contributed by atoms with Gasteiger partial charge < -0.3 is 12.9 Å². The van der Waals surface area contributed by atoms with Gasteiger partial charge in [0.1, 0.15) is 0 Å². The summed E-state index contributed by atoms with van der Waals surface area (Å²) < 4.78 is 0. The van der Waals surface area contributed by atoms with E-state index in [4.69, 9.17) is 11.5 Å². The van der Waals surface area contributed by atoms with Crippen molar-refractivity contribution < 1.29 is 31.0 Å². The van der Waals surface area contributed by atoms with Crippen LogP contribution in [0.15, 0.2) is 24.3 Å². The van der Waals surface area contributed by atoms with Crippen molar-refractivity contribution in [1.82, 2.24) is 0 Å². The van der Waals surface area contributed by atoms with E-state index in [2.05, 4.69) is 39.8 Å². The molecule has 0 fully saturated rings. The molecule has 2 aromatic carbocycles. The van der Waals surface area contributed by atoms with E-state index < -0.39 is 0 Å². The average molecular weight is 264 g/mol. The molecule has 3 heteroatoms. The Morgan fingerprint density at radius 1 is 0.632 bits per heavy atom. The molecule has 0 heterocycles. The van der Waals surface area contributed by atoms with Crippen LogP contribution in [0.2, 0.25) is 0 Å². The van der Waals surface area contributed by atoms with E-state index in [-0.39, 0.29) is 31.0 Å². The van der Waals surface area contributed by atoms with E-state index >= 15 is 0 Å². The smallest absolute Gasteiger partial charge is 1.00 e. The van der Waals surface area contributed by atoms with Gasteiger partial charge in [0, 0.05) is 11.4 Å². The van der Waals surface area contributed by atoms with Gasteiger partial charge in [-0.2, -0.15) is 0 Å². The molecule has 19 heavy (non-hydrogen) atoms. The van der Waals surface area contributed by atoms with E-state index in [0.717, 1.165) is 22.5 Å². The van der Waals surface area contributed by atoms with Crippen LogP contribution in [0.5, 0.6) is 0 Å². The fourth-order valence-electron chi connectivity index (χ4n) is 2.27. The van der Waals surface area contributed by atoms with E-state index in [1.54, 1.807) is 0 Å². The first-order valence-corrected chi connectivity index (χ1v) is 6.15. The molecule has 0 aliphatic rings. The molecule has 2 nitrogen and oxygen atoms in total. The summed E-state index contributed by atoms with van der Waals surface area (Å²) in [6.07, 6.45) is 0. The van der Waals surface area contributed by atoms with Crippen LogP contribution in [-0.2, 0) is 0 Å². The second kappa shape index (κ2) is 6.00. The second-order valence-corrected chi connectivity index (χ2v) is 4.90. The Balaban J connectivity index is 0.00000180. The van der Waals surface area contributed by atoms with Crippen molar-refractivity contribution in [2.45, 2.75) is 27.7 Å². The van der Waals surface area contributed by atoms with Gasteiger partial charge in [0.2, 0.25) is 0 Å². The molecule has 0 saturated carbocycles. The fourth-order valence-corrected chi connectivity index (χ4v) is 2.27. The Bertz CT molecular complexity index is 569. The third-order valence-electron chi connectivity index (χ3n) is 3.95. The van der Waals surface area contributed by atoms with E-state index in [1.165, 1.54) is 22.3 Å². The summed E-state index contributed by atoms with van der Waals surface area (Å²) >= 11 is 0. The quantitative estimate of drug-likeness (QED) is 0.593. The van der Waals surface area contributed by atoms with Gasteiger partial charge in [0.15, 0.2) is 0 Å². The molecule has 0 atom stereocenters. The molecular formula is C16H21N2Na. The van der Waals surface area contributed by atoms with Gasteiger partial charge in [-0.1, -0.05) is 12.1 Å². The minimum Gasteiger partial charge on any atom is -1.00 e. The largest absolute Gasteiger partial charge is 1.00 e. The van der Waals surface area contributed by atoms with Crippen molar-refractivity contribution in [1.29, 1.82) is 0 Å². The van der Waals surface area contributed by atoms with Crippen LogP contribution in [0.4, 0.5) is 11.4 Å². The number of anilines is 2. The minimum atomic E-state index is 0. The van der Waals surface area contributed by atoms with Crippen molar-refractivity contribution in [3.8, 4) is 11.1 Å². The molecule has 0 aliphatic carbocycles. The first-order valence-electron chi connectivity index (χ1n) is 6.15. The molecule has 0 aromatic heterocycles. The van der Waals surface area contributed by atoms with Gasteiger partial charge >= 0.3 is 29.6 Å². The predicted octanol–water partition coefficient (Wildman–Crippen LogP) is 0.868. The summed E-state index contributed by atoms with van der Waals surface area (Å²) in [5.41, 5.74) is 20.8. The number of rotatable bonds is 1. The third kappa shape index (κ3) is 2.81. The number of hydrogen-bond donors (Lipinski definition) is 2. The Labute approximate surface area is 139 Å². The maximum Gasteiger partial charge on any atom is 1.00 e. The SMILES string of the molecule is Cc1c(N)ccc(-c2ccc(N)c(C)c2C)c1C.[H-].[Na+]. The minimum absolute atomic E-state index is 0.